The van der Waals surface area contributed by atoms with Gasteiger partial charge in [0.2, 0.25) is 0 Å². The number of carbonyl (C=O) groups excluding carboxylic acids is 1. The van der Waals surface area contributed by atoms with Crippen molar-refractivity contribution in [3.05, 3.63) is 53.6 Å². The lowest BCUT2D eigenvalue weighted by atomic mass is 10.1. The number of benzene rings is 2. The average Bonchev–Trinajstić information content (AvgIpc) is 3.54. The van der Waals surface area contributed by atoms with Crippen LogP contribution in [0.15, 0.2) is 42.5 Å². The molecule has 0 bridgehead atoms. The van der Waals surface area contributed by atoms with Gasteiger partial charge in [0.15, 0.2) is 6.23 Å². The van der Waals surface area contributed by atoms with Crippen molar-refractivity contribution in [1.82, 2.24) is 4.90 Å². The first kappa shape index (κ1) is 19.6. The SMILES string of the molecule is COc1cccc(OC)c1C1OC(C)C(=O)N1Cc1ccc(OCC2CC2)cc1. The maximum absolute atomic E-state index is 12.8. The van der Waals surface area contributed by atoms with E-state index >= 15 is 0 Å². The molecule has 1 aliphatic heterocycles. The molecule has 1 amide bonds. The number of ether oxygens (including phenoxy) is 4. The molecule has 1 saturated heterocycles. The maximum atomic E-state index is 12.8. The van der Waals surface area contributed by atoms with Gasteiger partial charge in [0.25, 0.3) is 5.91 Å². The Morgan fingerprint density at radius 1 is 1.03 bits per heavy atom. The molecule has 2 fully saturated rings. The summed E-state index contributed by atoms with van der Waals surface area (Å²) in [5, 5.41) is 0. The van der Waals surface area contributed by atoms with E-state index < -0.39 is 12.3 Å². The van der Waals surface area contributed by atoms with Crippen LogP contribution in [0.1, 0.15) is 37.1 Å². The molecule has 2 unspecified atom stereocenters. The Bertz CT molecular complexity index is 840. The number of amides is 1. The second-order valence-electron chi connectivity index (χ2n) is 7.57. The zero-order valence-electron chi connectivity index (χ0n) is 17.1. The maximum Gasteiger partial charge on any atom is 0.254 e. The first-order chi connectivity index (χ1) is 14.1. The minimum atomic E-state index is -0.575. The first-order valence-corrected chi connectivity index (χ1v) is 9.99. The van der Waals surface area contributed by atoms with Gasteiger partial charge in [-0.1, -0.05) is 18.2 Å². The van der Waals surface area contributed by atoms with E-state index in [9.17, 15) is 4.79 Å². The molecule has 2 aromatic rings. The minimum Gasteiger partial charge on any atom is -0.496 e. The standard InChI is InChI=1S/C23H27NO5/c1-15-22(25)24(13-16-9-11-18(12-10-16)28-14-17-7-8-17)23(29-15)21-19(26-2)5-4-6-20(21)27-3/h4-6,9-12,15,17,23H,7-8,13-14H2,1-3H3. The van der Waals surface area contributed by atoms with E-state index in [1.807, 2.05) is 42.5 Å². The van der Waals surface area contributed by atoms with E-state index in [1.54, 1.807) is 26.0 Å². The fourth-order valence-corrected chi connectivity index (χ4v) is 3.57. The summed E-state index contributed by atoms with van der Waals surface area (Å²) in [6.07, 6.45) is 1.42. The predicted octanol–water partition coefficient (Wildman–Crippen LogP) is 3.94. The van der Waals surface area contributed by atoms with Crippen LogP contribution in [-0.4, -0.2) is 37.7 Å². The number of nitrogens with zero attached hydrogens (tertiary/aromatic N) is 1. The lowest BCUT2D eigenvalue weighted by Gasteiger charge is -2.26. The van der Waals surface area contributed by atoms with Crippen LogP contribution in [0.5, 0.6) is 17.2 Å². The Balaban J connectivity index is 1.55. The van der Waals surface area contributed by atoms with Crippen LogP contribution < -0.4 is 14.2 Å². The van der Waals surface area contributed by atoms with Crippen molar-refractivity contribution in [2.24, 2.45) is 5.92 Å². The molecule has 0 spiro atoms. The Morgan fingerprint density at radius 3 is 2.28 bits per heavy atom. The zero-order chi connectivity index (χ0) is 20.4. The van der Waals surface area contributed by atoms with E-state index in [-0.39, 0.29) is 5.91 Å². The molecule has 29 heavy (non-hydrogen) atoms. The normalized spacial score (nSPS) is 21.3. The van der Waals surface area contributed by atoms with Crippen molar-refractivity contribution in [1.29, 1.82) is 0 Å². The highest BCUT2D eigenvalue weighted by Gasteiger charge is 2.41. The number of carbonyl (C=O) groups is 1. The van der Waals surface area contributed by atoms with Gasteiger partial charge in [0.1, 0.15) is 23.4 Å². The molecule has 1 aliphatic carbocycles. The third-order valence-electron chi connectivity index (χ3n) is 5.42. The fourth-order valence-electron chi connectivity index (χ4n) is 3.57. The van der Waals surface area contributed by atoms with Crippen LogP contribution in [0.4, 0.5) is 0 Å². The van der Waals surface area contributed by atoms with Gasteiger partial charge in [0, 0.05) is 6.54 Å². The van der Waals surface area contributed by atoms with Crippen LogP contribution in [0, 0.1) is 5.92 Å². The Labute approximate surface area is 171 Å². The summed E-state index contributed by atoms with van der Waals surface area (Å²) in [6.45, 7) is 2.98. The molecule has 4 rings (SSSR count). The van der Waals surface area contributed by atoms with E-state index in [0.29, 0.717) is 24.0 Å². The Hall–Kier alpha value is -2.73. The molecular weight excluding hydrogens is 370 g/mol. The van der Waals surface area contributed by atoms with Crippen LogP contribution in [0.3, 0.4) is 0 Å². The highest BCUT2D eigenvalue weighted by atomic mass is 16.5. The molecule has 0 N–H and O–H groups in total. The molecule has 2 aromatic carbocycles. The molecule has 0 radical (unpaired) electrons. The van der Waals surface area contributed by atoms with Crippen LogP contribution >= 0.6 is 0 Å². The van der Waals surface area contributed by atoms with Crippen molar-refractivity contribution in [3.63, 3.8) is 0 Å². The van der Waals surface area contributed by atoms with Gasteiger partial charge in [-0.25, -0.2) is 0 Å². The minimum absolute atomic E-state index is 0.0583. The molecule has 2 aliphatic rings. The topological polar surface area (TPSA) is 57.2 Å². The van der Waals surface area contributed by atoms with E-state index in [1.165, 1.54) is 12.8 Å². The van der Waals surface area contributed by atoms with Crippen molar-refractivity contribution in [2.45, 2.75) is 38.6 Å². The summed E-state index contributed by atoms with van der Waals surface area (Å²) in [5.74, 6) is 2.78. The van der Waals surface area contributed by atoms with Crippen molar-refractivity contribution < 1.29 is 23.7 Å². The third-order valence-corrected chi connectivity index (χ3v) is 5.42. The average molecular weight is 397 g/mol. The Morgan fingerprint density at radius 2 is 1.69 bits per heavy atom. The molecule has 2 atom stereocenters. The quantitative estimate of drug-likeness (QED) is 0.675. The molecule has 6 heteroatoms. The largest absolute Gasteiger partial charge is 0.496 e. The van der Waals surface area contributed by atoms with Crippen molar-refractivity contribution in [2.75, 3.05) is 20.8 Å². The first-order valence-electron chi connectivity index (χ1n) is 9.99. The van der Waals surface area contributed by atoms with Crippen LogP contribution in [0.25, 0.3) is 0 Å². The monoisotopic (exact) mass is 397 g/mol. The van der Waals surface area contributed by atoms with Gasteiger partial charge in [0.05, 0.1) is 26.4 Å². The molecule has 154 valence electrons. The van der Waals surface area contributed by atoms with E-state index in [4.69, 9.17) is 18.9 Å². The summed E-state index contributed by atoms with van der Waals surface area (Å²) in [4.78, 5) is 14.6. The van der Waals surface area contributed by atoms with Gasteiger partial charge in [-0.15, -0.1) is 0 Å². The van der Waals surface area contributed by atoms with E-state index in [2.05, 4.69) is 0 Å². The van der Waals surface area contributed by atoms with Crippen LogP contribution in [0.2, 0.25) is 0 Å². The van der Waals surface area contributed by atoms with Gasteiger partial charge >= 0.3 is 0 Å². The second kappa shape index (κ2) is 8.33. The third kappa shape index (κ3) is 4.17. The predicted molar refractivity (Wildman–Crippen MR) is 108 cm³/mol. The number of hydrogen-bond donors (Lipinski definition) is 0. The van der Waals surface area contributed by atoms with Gasteiger partial charge < -0.3 is 23.8 Å². The summed E-state index contributed by atoms with van der Waals surface area (Å²) in [5.41, 5.74) is 1.73. The number of rotatable bonds is 8. The number of hydrogen-bond acceptors (Lipinski definition) is 5. The smallest absolute Gasteiger partial charge is 0.254 e. The molecule has 1 heterocycles. The highest BCUT2D eigenvalue weighted by molar-refractivity contribution is 5.83. The zero-order valence-corrected chi connectivity index (χ0v) is 17.1. The lowest BCUT2D eigenvalue weighted by Crippen LogP contribution is -2.30. The summed E-state index contributed by atoms with van der Waals surface area (Å²) in [6, 6.07) is 13.5. The van der Waals surface area contributed by atoms with Crippen molar-refractivity contribution >= 4 is 5.91 Å². The molecule has 6 nitrogen and oxygen atoms in total. The number of methoxy groups -OCH3 is 2. The molecule has 1 saturated carbocycles. The van der Waals surface area contributed by atoms with Gasteiger partial charge in [-0.05, 0) is 55.5 Å². The summed E-state index contributed by atoms with van der Waals surface area (Å²) in [7, 11) is 3.20. The molecule has 0 aromatic heterocycles. The summed E-state index contributed by atoms with van der Waals surface area (Å²) >= 11 is 0. The summed E-state index contributed by atoms with van der Waals surface area (Å²) < 4.78 is 22.9. The highest BCUT2D eigenvalue weighted by Crippen LogP contribution is 2.42. The van der Waals surface area contributed by atoms with Gasteiger partial charge in [-0.3, -0.25) is 4.79 Å². The second-order valence-corrected chi connectivity index (χ2v) is 7.57. The van der Waals surface area contributed by atoms with Gasteiger partial charge in [-0.2, -0.15) is 0 Å². The van der Waals surface area contributed by atoms with Crippen molar-refractivity contribution in [3.8, 4) is 17.2 Å². The Kier molecular flexibility index (Phi) is 5.62. The lowest BCUT2D eigenvalue weighted by molar-refractivity contribution is -0.130. The van der Waals surface area contributed by atoms with E-state index in [0.717, 1.165) is 23.5 Å². The molecular formula is C23H27NO5. The van der Waals surface area contributed by atoms with Crippen LogP contribution in [-0.2, 0) is 16.1 Å². The fraction of sp³-hybridized carbons (Fsp3) is 0.435.